The highest BCUT2D eigenvalue weighted by atomic mass is 16.5. The molecule has 0 spiro atoms. The van der Waals surface area contributed by atoms with E-state index in [2.05, 4.69) is 0 Å². The van der Waals surface area contributed by atoms with Crippen molar-refractivity contribution in [2.75, 3.05) is 6.61 Å². The average Bonchev–Trinajstić information content (AvgIpc) is 2.72. The second-order valence-electron chi connectivity index (χ2n) is 3.44. The summed E-state index contributed by atoms with van der Waals surface area (Å²) in [5.74, 6) is 1.44. The monoisotopic (exact) mass is 182 g/mol. The van der Waals surface area contributed by atoms with Crippen molar-refractivity contribution in [3.05, 3.63) is 23.7 Å². The van der Waals surface area contributed by atoms with Gasteiger partial charge in [-0.2, -0.15) is 0 Å². The van der Waals surface area contributed by atoms with Crippen molar-refractivity contribution >= 4 is 0 Å². The molecule has 2 rings (SSSR count). The molecule has 13 heavy (non-hydrogen) atoms. The number of aliphatic hydroxyl groups excluding tert-OH is 1. The van der Waals surface area contributed by atoms with Crippen LogP contribution in [-0.2, 0) is 4.74 Å². The number of hydrogen-bond acceptors (Lipinski definition) is 3. The van der Waals surface area contributed by atoms with Crippen LogP contribution in [0.15, 0.2) is 16.5 Å². The van der Waals surface area contributed by atoms with E-state index in [0.717, 1.165) is 25.2 Å². The number of aliphatic hydroxyl groups is 1. The first-order chi connectivity index (χ1) is 6.27. The van der Waals surface area contributed by atoms with Gasteiger partial charge in [0.15, 0.2) is 0 Å². The summed E-state index contributed by atoms with van der Waals surface area (Å²) in [4.78, 5) is 0. The topological polar surface area (TPSA) is 42.6 Å². The Morgan fingerprint density at radius 3 is 2.92 bits per heavy atom. The van der Waals surface area contributed by atoms with Crippen LogP contribution in [0.5, 0.6) is 0 Å². The van der Waals surface area contributed by atoms with Gasteiger partial charge in [-0.1, -0.05) is 0 Å². The Morgan fingerprint density at radius 2 is 2.38 bits per heavy atom. The predicted octanol–water partition coefficient (Wildman–Crippen LogP) is 1.80. The van der Waals surface area contributed by atoms with Crippen LogP contribution in [0.25, 0.3) is 0 Å². The third kappa shape index (κ3) is 1.76. The Morgan fingerprint density at radius 1 is 1.54 bits per heavy atom. The van der Waals surface area contributed by atoms with Gasteiger partial charge in [-0.05, 0) is 31.9 Å². The first-order valence-electron chi connectivity index (χ1n) is 4.63. The lowest BCUT2D eigenvalue weighted by Gasteiger charge is -2.14. The summed E-state index contributed by atoms with van der Waals surface area (Å²) >= 11 is 0. The molecule has 1 unspecified atom stereocenters. The molecule has 1 aliphatic rings. The van der Waals surface area contributed by atoms with Crippen LogP contribution in [0.2, 0.25) is 0 Å². The molecule has 1 aromatic heterocycles. The Bertz CT molecular complexity index is 273. The van der Waals surface area contributed by atoms with Crippen LogP contribution in [0, 0.1) is 6.92 Å². The van der Waals surface area contributed by atoms with E-state index in [1.165, 1.54) is 0 Å². The number of rotatable bonds is 2. The molecule has 0 bridgehead atoms. The third-order valence-electron chi connectivity index (χ3n) is 2.37. The Hall–Kier alpha value is -0.800. The molecule has 0 radical (unpaired) electrons. The molecular weight excluding hydrogens is 168 g/mol. The van der Waals surface area contributed by atoms with Gasteiger partial charge in [0.05, 0.1) is 6.10 Å². The molecule has 0 saturated carbocycles. The van der Waals surface area contributed by atoms with Crippen LogP contribution < -0.4 is 0 Å². The molecule has 0 aromatic carbocycles. The summed E-state index contributed by atoms with van der Waals surface area (Å²) in [7, 11) is 0. The fourth-order valence-corrected chi connectivity index (χ4v) is 1.65. The number of furan rings is 1. The minimum absolute atomic E-state index is 0.0782. The lowest BCUT2D eigenvalue weighted by molar-refractivity contribution is -0.0134. The van der Waals surface area contributed by atoms with Crippen molar-refractivity contribution in [1.29, 1.82) is 0 Å². The van der Waals surface area contributed by atoms with E-state index in [-0.39, 0.29) is 6.10 Å². The van der Waals surface area contributed by atoms with Crippen molar-refractivity contribution in [3.63, 3.8) is 0 Å². The van der Waals surface area contributed by atoms with E-state index < -0.39 is 6.10 Å². The van der Waals surface area contributed by atoms with Crippen LogP contribution >= 0.6 is 0 Å². The zero-order chi connectivity index (χ0) is 9.26. The summed E-state index contributed by atoms with van der Waals surface area (Å²) in [5.41, 5.74) is 0. The van der Waals surface area contributed by atoms with Gasteiger partial charge in [0.2, 0.25) is 0 Å². The maximum Gasteiger partial charge on any atom is 0.138 e. The minimum atomic E-state index is -0.601. The molecule has 3 heteroatoms. The van der Waals surface area contributed by atoms with Crippen LogP contribution in [0.3, 0.4) is 0 Å². The number of hydrogen-bond donors (Lipinski definition) is 1. The van der Waals surface area contributed by atoms with Crippen LogP contribution in [0.1, 0.15) is 30.5 Å². The summed E-state index contributed by atoms with van der Waals surface area (Å²) in [6.07, 6.45) is 1.27. The summed E-state index contributed by atoms with van der Waals surface area (Å²) in [6, 6.07) is 3.66. The molecule has 1 saturated heterocycles. The Balaban J connectivity index is 2.07. The Kier molecular flexibility index (Phi) is 2.38. The molecule has 1 N–H and O–H groups in total. The van der Waals surface area contributed by atoms with Gasteiger partial charge < -0.3 is 14.3 Å². The van der Waals surface area contributed by atoms with Gasteiger partial charge in [0.1, 0.15) is 17.6 Å². The molecule has 0 amide bonds. The number of aryl methyl sites for hydroxylation is 1. The van der Waals surface area contributed by atoms with Crippen molar-refractivity contribution in [2.45, 2.75) is 32.0 Å². The SMILES string of the molecule is Cc1ccc(C(O)[C@H]2CCCO2)o1. The highest BCUT2D eigenvalue weighted by molar-refractivity contribution is 5.09. The summed E-state index contributed by atoms with van der Waals surface area (Å²) in [6.45, 7) is 2.62. The van der Waals surface area contributed by atoms with E-state index >= 15 is 0 Å². The smallest absolute Gasteiger partial charge is 0.138 e. The summed E-state index contributed by atoms with van der Waals surface area (Å²) in [5, 5.41) is 9.81. The van der Waals surface area contributed by atoms with Gasteiger partial charge in [-0.3, -0.25) is 0 Å². The van der Waals surface area contributed by atoms with Gasteiger partial charge >= 0.3 is 0 Å². The lowest BCUT2D eigenvalue weighted by Crippen LogP contribution is -2.16. The molecule has 1 aromatic rings. The zero-order valence-electron chi connectivity index (χ0n) is 7.69. The van der Waals surface area contributed by atoms with Crippen molar-refractivity contribution in [2.24, 2.45) is 0 Å². The van der Waals surface area contributed by atoms with Crippen molar-refractivity contribution < 1.29 is 14.3 Å². The largest absolute Gasteiger partial charge is 0.464 e. The van der Waals surface area contributed by atoms with Crippen molar-refractivity contribution in [1.82, 2.24) is 0 Å². The molecule has 2 atom stereocenters. The van der Waals surface area contributed by atoms with Gasteiger partial charge in [0.25, 0.3) is 0 Å². The fraction of sp³-hybridized carbons (Fsp3) is 0.600. The molecule has 72 valence electrons. The fourth-order valence-electron chi connectivity index (χ4n) is 1.65. The maximum absolute atomic E-state index is 9.81. The second-order valence-corrected chi connectivity index (χ2v) is 3.44. The molecular formula is C10H14O3. The molecule has 1 fully saturated rings. The highest BCUT2D eigenvalue weighted by Gasteiger charge is 2.27. The molecule has 0 aliphatic carbocycles. The third-order valence-corrected chi connectivity index (χ3v) is 2.37. The predicted molar refractivity (Wildman–Crippen MR) is 47.4 cm³/mol. The average molecular weight is 182 g/mol. The van der Waals surface area contributed by atoms with Crippen LogP contribution in [0.4, 0.5) is 0 Å². The first-order valence-corrected chi connectivity index (χ1v) is 4.63. The quantitative estimate of drug-likeness (QED) is 0.758. The van der Waals surface area contributed by atoms with E-state index in [1.54, 1.807) is 0 Å². The normalized spacial score (nSPS) is 24.9. The van der Waals surface area contributed by atoms with E-state index in [1.807, 2.05) is 19.1 Å². The van der Waals surface area contributed by atoms with Crippen molar-refractivity contribution in [3.8, 4) is 0 Å². The molecule has 3 nitrogen and oxygen atoms in total. The van der Waals surface area contributed by atoms with Crippen LogP contribution in [-0.4, -0.2) is 17.8 Å². The van der Waals surface area contributed by atoms with E-state index in [4.69, 9.17) is 9.15 Å². The molecule has 2 heterocycles. The Labute approximate surface area is 77.3 Å². The van der Waals surface area contributed by atoms with E-state index in [9.17, 15) is 5.11 Å². The first kappa shape index (κ1) is 8.78. The maximum atomic E-state index is 9.81. The lowest BCUT2D eigenvalue weighted by atomic mass is 10.1. The number of ether oxygens (including phenoxy) is 1. The summed E-state index contributed by atoms with van der Waals surface area (Å²) < 4.78 is 10.7. The van der Waals surface area contributed by atoms with Gasteiger partial charge in [0, 0.05) is 6.61 Å². The van der Waals surface area contributed by atoms with Gasteiger partial charge in [-0.25, -0.2) is 0 Å². The van der Waals surface area contributed by atoms with E-state index in [0.29, 0.717) is 5.76 Å². The minimum Gasteiger partial charge on any atom is -0.464 e. The zero-order valence-corrected chi connectivity index (χ0v) is 7.69. The van der Waals surface area contributed by atoms with Gasteiger partial charge in [-0.15, -0.1) is 0 Å². The molecule has 1 aliphatic heterocycles. The second kappa shape index (κ2) is 3.52. The highest BCUT2D eigenvalue weighted by Crippen LogP contribution is 2.27. The standard InChI is InChI=1S/C10H14O3/c1-7-4-5-9(13-7)10(11)8-3-2-6-12-8/h4-5,8,10-11H,2-3,6H2,1H3/t8-,10?/m1/s1.